The predicted octanol–water partition coefficient (Wildman–Crippen LogP) is 3.88. The molecular weight excluding hydrogens is 360 g/mol. The van der Waals surface area contributed by atoms with Crippen molar-refractivity contribution in [1.82, 2.24) is 0 Å². The van der Waals surface area contributed by atoms with Gasteiger partial charge < -0.3 is 18.9 Å². The molecule has 0 spiro atoms. The zero-order valence-corrected chi connectivity index (χ0v) is 16.1. The highest BCUT2D eigenvalue weighted by molar-refractivity contribution is 5.90. The van der Waals surface area contributed by atoms with E-state index in [0.29, 0.717) is 38.5 Å². The second kappa shape index (κ2) is 12.5. The van der Waals surface area contributed by atoms with Crippen molar-refractivity contribution in [1.29, 1.82) is 0 Å². The summed E-state index contributed by atoms with van der Waals surface area (Å²) in [5.41, 5.74) is 2.59. The topological polar surface area (TPSA) is 71.1 Å². The largest absolute Gasteiger partial charge is 0.491 e. The van der Waals surface area contributed by atoms with Gasteiger partial charge in [0, 0.05) is 0 Å². The highest BCUT2D eigenvalue weighted by Gasteiger charge is 2.07. The molecule has 0 amide bonds. The first-order valence-corrected chi connectivity index (χ1v) is 9.38. The molecule has 0 unspecified atom stereocenters. The summed E-state index contributed by atoms with van der Waals surface area (Å²) >= 11 is 0. The summed E-state index contributed by atoms with van der Waals surface area (Å²) in [7, 11) is 0. The molecule has 0 saturated carbocycles. The second-order valence-corrected chi connectivity index (χ2v) is 6.02. The lowest BCUT2D eigenvalue weighted by atomic mass is 10.0. The van der Waals surface area contributed by atoms with Crippen molar-refractivity contribution in [2.75, 3.05) is 33.0 Å². The van der Waals surface area contributed by atoms with Gasteiger partial charge in [0.05, 0.1) is 25.4 Å². The molecule has 0 radical (unpaired) electrons. The van der Waals surface area contributed by atoms with E-state index < -0.39 is 0 Å². The molecule has 0 saturated heterocycles. The third-order valence-electron chi connectivity index (χ3n) is 3.95. The van der Waals surface area contributed by atoms with Crippen molar-refractivity contribution in [3.63, 3.8) is 0 Å². The number of carbonyl (C=O) groups excluding carboxylic acids is 2. The molecule has 0 bridgehead atoms. The zero-order chi connectivity index (χ0) is 20.0. The summed E-state index contributed by atoms with van der Waals surface area (Å²) in [6, 6.07) is 15.1. The van der Waals surface area contributed by atoms with Crippen LogP contribution in [-0.2, 0) is 19.0 Å². The van der Waals surface area contributed by atoms with Gasteiger partial charge in [0.1, 0.15) is 19.0 Å². The Hall–Kier alpha value is -2.86. The molecule has 0 aromatic heterocycles. The van der Waals surface area contributed by atoms with Crippen molar-refractivity contribution in [2.24, 2.45) is 0 Å². The summed E-state index contributed by atoms with van der Waals surface area (Å²) in [6.45, 7) is 4.33. The zero-order valence-electron chi connectivity index (χ0n) is 16.1. The molecule has 0 aliphatic rings. The van der Waals surface area contributed by atoms with Crippen LogP contribution in [0.2, 0.25) is 0 Å². The Labute approximate surface area is 165 Å². The summed E-state index contributed by atoms with van der Waals surface area (Å²) < 4.78 is 20.6. The summed E-state index contributed by atoms with van der Waals surface area (Å²) in [4.78, 5) is 21.9. The van der Waals surface area contributed by atoms with Gasteiger partial charge in [-0.05, 0) is 41.8 Å². The molecular formula is C22H26O6. The van der Waals surface area contributed by atoms with Crippen LogP contribution in [0.15, 0.2) is 48.5 Å². The van der Waals surface area contributed by atoms with Gasteiger partial charge in [-0.3, -0.25) is 4.79 Å². The van der Waals surface area contributed by atoms with Crippen LogP contribution in [0.5, 0.6) is 5.75 Å². The summed E-state index contributed by atoms with van der Waals surface area (Å²) in [5.74, 6) is 0.455. The summed E-state index contributed by atoms with van der Waals surface area (Å²) in [5, 5.41) is 0. The van der Waals surface area contributed by atoms with Crippen molar-refractivity contribution in [3.8, 4) is 16.9 Å². The van der Waals surface area contributed by atoms with Crippen LogP contribution >= 0.6 is 0 Å². The summed E-state index contributed by atoms with van der Waals surface area (Å²) in [6.07, 6.45) is 1.87. The molecule has 2 aromatic rings. The Morgan fingerprint density at radius 3 is 2.14 bits per heavy atom. The number of benzene rings is 2. The average molecular weight is 386 g/mol. The molecule has 2 aromatic carbocycles. The third kappa shape index (κ3) is 7.40. The normalized spacial score (nSPS) is 10.3. The van der Waals surface area contributed by atoms with Gasteiger partial charge in [-0.25, -0.2) is 4.79 Å². The Morgan fingerprint density at radius 2 is 1.50 bits per heavy atom. The fourth-order valence-corrected chi connectivity index (χ4v) is 2.41. The lowest BCUT2D eigenvalue weighted by Gasteiger charge is -2.09. The SMILES string of the molecule is CCCCOC(=O)c1ccc(-c2ccc(OCCOCCOC=O)cc2)cc1. The maximum atomic E-state index is 11.9. The number of rotatable bonds is 13. The molecule has 2 rings (SSSR count). The molecule has 0 heterocycles. The van der Waals surface area contributed by atoms with Gasteiger partial charge in [-0.15, -0.1) is 0 Å². The first kappa shape index (κ1) is 21.4. The molecule has 150 valence electrons. The number of carbonyl (C=O) groups is 2. The van der Waals surface area contributed by atoms with Crippen molar-refractivity contribution in [2.45, 2.75) is 19.8 Å². The molecule has 6 nitrogen and oxygen atoms in total. The number of hydrogen-bond acceptors (Lipinski definition) is 6. The number of unbranched alkanes of at least 4 members (excludes halogenated alkanes) is 1. The molecule has 6 heteroatoms. The van der Waals surface area contributed by atoms with E-state index in [9.17, 15) is 9.59 Å². The van der Waals surface area contributed by atoms with Gasteiger partial charge in [-0.1, -0.05) is 37.6 Å². The van der Waals surface area contributed by atoms with E-state index in [1.807, 2.05) is 36.4 Å². The van der Waals surface area contributed by atoms with E-state index >= 15 is 0 Å². The maximum Gasteiger partial charge on any atom is 0.338 e. The number of esters is 1. The van der Waals surface area contributed by atoms with Crippen molar-refractivity contribution < 1.29 is 28.5 Å². The first-order chi connectivity index (χ1) is 13.7. The van der Waals surface area contributed by atoms with Crippen LogP contribution in [0.4, 0.5) is 0 Å². The molecule has 0 N–H and O–H groups in total. The fourth-order valence-electron chi connectivity index (χ4n) is 2.41. The van der Waals surface area contributed by atoms with Gasteiger partial charge in [0.25, 0.3) is 6.47 Å². The number of hydrogen-bond donors (Lipinski definition) is 0. The van der Waals surface area contributed by atoms with E-state index in [-0.39, 0.29) is 12.6 Å². The van der Waals surface area contributed by atoms with Gasteiger partial charge in [0.15, 0.2) is 0 Å². The van der Waals surface area contributed by atoms with Crippen LogP contribution in [0.3, 0.4) is 0 Å². The van der Waals surface area contributed by atoms with Crippen LogP contribution in [0, 0.1) is 0 Å². The minimum atomic E-state index is -0.288. The Kier molecular flexibility index (Phi) is 9.58. The minimum Gasteiger partial charge on any atom is -0.491 e. The highest BCUT2D eigenvalue weighted by atomic mass is 16.6. The van der Waals surface area contributed by atoms with Crippen LogP contribution < -0.4 is 4.74 Å². The Balaban J connectivity index is 1.79. The average Bonchev–Trinajstić information content (AvgIpc) is 2.74. The lowest BCUT2D eigenvalue weighted by molar-refractivity contribution is -0.130. The fraction of sp³-hybridized carbons (Fsp3) is 0.364. The van der Waals surface area contributed by atoms with E-state index in [1.165, 1.54) is 0 Å². The molecule has 28 heavy (non-hydrogen) atoms. The minimum absolute atomic E-state index is 0.244. The highest BCUT2D eigenvalue weighted by Crippen LogP contribution is 2.23. The van der Waals surface area contributed by atoms with E-state index in [4.69, 9.17) is 14.2 Å². The van der Waals surface area contributed by atoms with Gasteiger partial charge >= 0.3 is 5.97 Å². The van der Waals surface area contributed by atoms with Crippen molar-refractivity contribution >= 4 is 12.4 Å². The second-order valence-electron chi connectivity index (χ2n) is 6.02. The molecule has 0 fully saturated rings. The maximum absolute atomic E-state index is 11.9. The smallest absolute Gasteiger partial charge is 0.338 e. The Morgan fingerprint density at radius 1 is 0.857 bits per heavy atom. The standard InChI is InChI=1S/C22H26O6/c1-2-3-12-28-22(24)20-6-4-18(5-7-20)19-8-10-21(11-9-19)27-16-15-25-13-14-26-17-23/h4-11,17H,2-3,12-16H2,1H3. The number of ether oxygens (including phenoxy) is 4. The first-order valence-electron chi connectivity index (χ1n) is 9.38. The molecule has 0 atom stereocenters. The van der Waals surface area contributed by atoms with Crippen LogP contribution in [0.25, 0.3) is 11.1 Å². The third-order valence-corrected chi connectivity index (χ3v) is 3.95. The van der Waals surface area contributed by atoms with Crippen LogP contribution in [-0.4, -0.2) is 45.5 Å². The lowest BCUT2D eigenvalue weighted by Crippen LogP contribution is -2.10. The monoisotopic (exact) mass is 386 g/mol. The van der Waals surface area contributed by atoms with Gasteiger partial charge in [-0.2, -0.15) is 0 Å². The van der Waals surface area contributed by atoms with E-state index in [1.54, 1.807) is 12.1 Å². The van der Waals surface area contributed by atoms with E-state index in [2.05, 4.69) is 11.7 Å². The molecule has 0 aliphatic heterocycles. The van der Waals surface area contributed by atoms with Crippen LogP contribution in [0.1, 0.15) is 30.1 Å². The Bertz CT molecular complexity index is 709. The quantitative estimate of drug-likeness (QED) is 0.296. The molecule has 0 aliphatic carbocycles. The van der Waals surface area contributed by atoms with E-state index in [0.717, 1.165) is 29.7 Å². The predicted molar refractivity (Wildman–Crippen MR) is 105 cm³/mol. The van der Waals surface area contributed by atoms with Gasteiger partial charge in [0.2, 0.25) is 0 Å². The van der Waals surface area contributed by atoms with Crippen molar-refractivity contribution in [3.05, 3.63) is 54.1 Å².